The van der Waals surface area contributed by atoms with Gasteiger partial charge in [-0.25, -0.2) is 4.57 Å². The van der Waals surface area contributed by atoms with Gasteiger partial charge in [0.1, 0.15) is 6.61 Å². The molecule has 0 fully saturated rings. The largest absolute Gasteiger partial charge is 0.472 e. The van der Waals surface area contributed by atoms with E-state index in [2.05, 4.69) is 86.8 Å². The van der Waals surface area contributed by atoms with Crippen LogP contribution < -0.4 is 5.73 Å². The second kappa shape index (κ2) is 68.6. The van der Waals surface area contributed by atoms with Gasteiger partial charge in [0.15, 0.2) is 6.10 Å². The first kappa shape index (κ1) is 80.5. The van der Waals surface area contributed by atoms with Crippen molar-refractivity contribution in [3.63, 3.8) is 0 Å². The smallest absolute Gasteiger partial charge is 0.462 e. The summed E-state index contributed by atoms with van der Waals surface area (Å²) in [6.07, 6.45) is 90.1. The molecule has 3 N–H and O–H groups in total. The monoisotopic (exact) mass is 1180 g/mol. The van der Waals surface area contributed by atoms with Crippen molar-refractivity contribution in [3.8, 4) is 0 Å². The van der Waals surface area contributed by atoms with E-state index < -0.39 is 26.5 Å². The lowest BCUT2D eigenvalue weighted by atomic mass is 10.0. The maximum atomic E-state index is 12.8. The van der Waals surface area contributed by atoms with E-state index in [0.29, 0.717) is 6.42 Å². The van der Waals surface area contributed by atoms with Crippen molar-refractivity contribution in [2.75, 3.05) is 26.4 Å². The van der Waals surface area contributed by atoms with Crippen LogP contribution in [-0.4, -0.2) is 49.3 Å². The van der Waals surface area contributed by atoms with E-state index >= 15 is 0 Å². The SMILES string of the molecule is CC/C=C\C/C=C\C/C=C\C/C=C\C/C=C\CCCCCCCCCCCCCCCCCCCCCCCCCC(=O)OC(COC(=O)CCCCCCCCCCCCC/C=C\CCCCCCCCCC)COP(=O)(O)OCCN. The minimum atomic E-state index is -4.39. The number of hydrogen-bond acceptors (Lipinski definition) is 8. The lowest BCUT2D eigenvalue weighted by Crippen LogP contribution is -2.29. The van der Waals surface area contributed by atoms with Crippen LogP contribution in [0.3, 0.4) is 0 Å². The number of phosphoric acid groups is 1. The molecule has 0 saturated carbocycles. The zero-order valence-electron chi connectivity index (χ0n) is 54.4. The molecule has 10 heteroatoms. The molecule has 83 heavy (non-hydrogen) atoms. The summed E-state index contributed by atoms with van der Waals surface area (Å²) in [5.41, 5.74) is 5.40. The van der Waals surface area contributed by atoms with Gasteiger partial charge in [-0.15, -0.1) is 0 Å². The van der Waals surface area contributed by atoms with Crippen molar-refractivity contribution < 1.29 is 37.6 Å². The molecule has 2 unspecified atom stereocenters. The summed E-state index contributed by atoms with van der Waals surface area (Å²) in [5.74, 6) is -0.811. The van der Waals surface area contributed by atoms with Gasteiger partial charge in [0.05, 0.1) is 13.2 Å². The molecule has 0 radical (unpaired) electrons. The van der Waals surface area contributed by atoms with Crippen molar-refractivity contribution in [2.45, 2.75) is 354 Å². The summed E-state index contributed by atoms with van der Waals surface area (Å²) in [7, 11) is -4.39. The number of carbonyl (C=O) groups excluding carboxylic acids is 2. The Morgan fingerprint density at radius 1 is 0.373 bits per heavy atom. The Hall–Kier alpha value is -2.55. The van der Waals surface area contributed by atoms with Crippen LogP contribution in [0.1, 0.15) is 348 Å². The van der Waals surface area contributed by atoms with E-state index in [1.54, 1.807) is 0 Å². The average Bonchev–Trinajstić information content (AvgIpc) is 3.48. The Labute approximate surface area is 513 Å². The van der Waals surface area contributed by atoms with Crippen LogP contribution in [0.2, 0.25) is 0 Å². The standard InChI is InChI=1S/C73H134NO8P/c1-3-5-7-9-11-13-15-17-19-21-23-25-27-28-29-30-31-32-33-34-35-36-37-38-39-40-41-42-44-46-48-50-52-54-56-58-60-62-64-66-73(76)82-71(70-81-83(77,78)80-68-67-74)69-79-72(75)65-63-61-59-57-55-53-51-49-47-45-43-26-24-22-20-18-16-14-12-10-8-6-4-2/h5,7,11,13,17,19,22-25,28-29,71H,3-4,6,8-10,12,14-16,18,20-21,26-27,30-70,74H2,1-2H3,(H,77,78)/b7-5-,13-11-,19-17-,24-22-,25-23-,29-28-. The van der Waals surface area contributed by atoms with E-state index in [9.17, 15) is 19.0 Å². The van der Waals surface area contributed by atoms with Crippen LogP contribution in [0.5, 0.6) is 0 Å². The normalized spacial score (nSPS) is 13.3. The molecule has 0 bridgehead atoms. The minimum absolute atomic E-state index is 0.0542. The first-order valence-electron chi connectivity index (χ1n) is 35.4. The number of hydrogen-bond donors (Lipinski definition) is 2. The summed E-state index contributed by atoms with van der Waals surface area (Å²) in [4.78, 5) is 35.3. The molecular formula is C73H134NO8P. The molecule has 0 heterocycles. The van der Waals surface area contributed by atoms with Crippen molar-refractivity contribution in [2.24, 2.45) is 5.73 Å². The predicted octanol–water partition coefficient (Wildman–Crippen LogP) is 23.2. The lowest BCUT2D eigenvalue weighted by Gasteiger charge is -2.19. The zero-order chi connectivity index (χ0) is 60.1. The number of esters is 2. The lowest BCUT2D eigenvalue weighted by molar-refractivity contribution is -0.161. The molecule has 0 amide bonds. The molecule has 9 nitrogen and oxygen atoms in total. The molecule has 0 aromatic carbocycles. The van der Waals surface area contributed by atoms with E-state index in [4.69, 9.17) is 24.3 Å². The topological polar surface area (TPSA) is 134 Å². The number of unbranched alkanes of at least 4 members (excludes halogenated alkanes) is 42. The van der Waals surface area contributed by atoms with Crippen LogP contribution in [0.4, 0.5) is 0 Å². The Balaban J connectivity index is 3.80. The summed E-state index contributed by atoms with van der Waals surface area (Å²) in [6, 6.07) is 0. The van der Waals surface area contributed by atoms with Gasteiger partial charge in [0.2, 0.25) is 0 Å². The average molecular weight is 1180 g/mol. The van der Waals surface area contributed by atoms with Gasteiger partial charge in [-0.05, 0) is 83.5 Å². The third-order valence-corrected chi connectivity index (χ3v) is 16.6. The minimum Gasteiger partial charge on any atom is -0.462 e. The molecule has 0 spiro atoms. The van der Waals surface area contributed by atoms with Crippen molar-refractivity contribution in [3.05, 3.63) is 72.9 Å². The Bertz CT molecular complexity index is 1590. The third-order valence-electron chi connectivity index (χ3n) is 15.6. The first-order chi connectivity index (χ1) is 40.8. The van der Waals surface area contributed by atoms with Crippen LogP contribution in [0.25, 0.3) is 0 Å². The maximum Gasteiger partial charge on any atom is 0.472 e. The molecule has 0 saturated heterocycles. The van der Waals surface area contributed by atoms with Gasteiger partial charge < -0.3 is 20.1 Å². The number of phosphoric ester groups is 1. The van der Waals surface area contributed by atoms with Gasteiger partial charge in [-0.1, -0.05) is 324 Å². The Morgan fingerprint density at radius 2 is 0.663 bits per heavy atom. The van der Waals surface area contributed by atoms with Crippen LogP contribution >= 0.6 is 7.82 Å². The van der Waals surface area contributed by atoms with Gasteiger partial charge in [0.25, 0.3) is 0 Å². The molecule has 0 rings (SSSR count). The van der Waals surface area contributed by atoms with Gasteiger partial charge in [-0.2, -0.15) is 0 Å². The van der Waals surface area contributed by atoms with Gasteiger partial charge in [0, 0.05) is 19.4 Å². The highest BCUT2D eigenvalue weighted by atomic mass is 31.2. The number of ether oxygens (including phenoxy) is 2. The Morgan fingerprint density at radius 3 is 1.00 bits per heavy atom. The van der Waals surface area contributed by atoms with E-state index in [-0.39, 0.29) is 38.6 Å². The van der Waals surface area contributed by atoms with Crippen molar-refractivity contribution in [1.29, 1.82) is 0 Å². The highest BCUT2D eigenvalue weighted by molar-refractivity contribution is 7.47. The summed E-state index contributed by atoms with van der Waals surface area (Å²) >= 11 is 0. The number of rotatable bonds is 67. The predicted molar refractivity (Wildman–Crippen MR) is 358 cm³/mol. The molecule has 0 aliphatic rings. The highest BCUT2D eigenvalue weighted by Crippen LogP contribution is 2.43. The quantitative estimate of drug-likeness (QED) is 0.0264. The fraction of sp³-hybridized carbons (Fsp3) is 0.808. The van der Waals surface area contributed by atoms with E-state index in [1.165, 1.54) is 250 Å². The number of allylic oxidation sites excluding steroid dienone is 12. The fourth-order valence-corrected chi connectivity index (χ4v) is 11.1. The Kier molecular flexibility index (Phi) is 66.5. The molecule has 484 valence electrons. The van der Waals surface area contributed by atoms with Crippen LogP contribution in [0.15, 0.2) is 72.9 Å². The summed E-state index contributed by atoms with van der Waals surface area (Å²) in [5, 5.41) is 0. The third kappa shape index (κ3) is 68.4. The van der Waals surface area contributed by atoms with Crippen LogP contribution in [-0.2, 0) is 32.7 Å². The fourth-order valence-electron chi connectivity index (χ4n) is 10.4. The number of nitrogens with two attached hydrogens (primary N) is 1. The van der Waals surface area contributed by atoms with Crippen LogP contribution in [0, 0.1) is 0 Å². The molecule has 0 aliphatic heterocycles. The molecule has 0 aromatic heterocycles. The first-order valence-corrected chi connectivity index (χ1v) is 36.9. The van der Waals surface area contributed by atoms with E-state index in [1.807, 2.05) is 0 Å². The zero-order valence-corrected chi connectivity index (χ0v) is 55.3. The summed E-state index contributed by atoms with van der Waals surface area (Å²) in [6.45, 7) is 3.68. The van der Waals surface area contributed by atoms with Gasteiger partial charge >= 0.3 is 19.8 Å². The maximum absolute atomic E-state index is 12.8. The van der Waals surface area contributed by atoms with Gasteiger partial charge in [-0.3, -0.25) is 18.6 Å². The van der Waals surface area contributed by atoms with Crippen molar-refractivity contribution >= 4 is 19.8 Å². The molecule has 2 atom stereocenters. The number of carbonyl (C=O) groups is 2. The molecule has 0 aliphatic carbocycles. The second-order valence-corrected chi connectivity index (χ2v) is 25.2. The van der Waals surface area contributed by atoms with Crippen molar-refractivity contribution in [1.82, 2.24) is 0 Å². The molecule has 0 aromatic rings. The van der Waals surface area contributed by atoms with E-state index in [0.717, 1.165) is 64.2 Å². The highest BCUT2D eigenvalue weighted by Gasteiger charge is 2.26. The second-order valence-electron chi connectivity index (χ2n) is 23.7. The summed E-state index contributed by atoms with van der Waals surface area (Å²) < 4.78 is 33.2. The molecular weight excluding hydrogens is 1050 g/mol.